The number of nitrogens with zero attached hydrogens (tertiary/aromatic N) is 5. The molecule has 146 valence electrons. The van der Waals surface area contributed by atoms with E-state index in [2.05, 4.69) is 31.4 Å². The summed E-state index contributed by atoms with van der Waals surface area (Å²) in [6.45, 7) is 0. The zero-order valence-corrected chi connectivity index (χ0v) is 16.5. The molecule has 1 fully saturated rings. The van der Waals surface area contributed by atoms with Gasteiger partial charge >= 0.3 is 0 Å². The molecule has 1 saturated carbocycles. The fraction of sp³-hybridized carbons (Fsp3) is 0.286. The standard InChI is InChI=1S/C21H20N6OS/c28-19-8-7-18(14-2-1-10-22-12-14)26-27(19)16-5-3-15(4-6-16)25-20-17-9-11-29-21(17)24-13-23-20/h1-2,7-13,15-16H,3-6H2,(H,23,24,25). The molecular weight excluding hydrogens is 384 g/mol. The first-order chi connectivity index (χ1) is 14.3. The lowest BCUT2D eigenvalue weighted by molar-refractivity contribution is 0.304. The van der Waals surface area contributed by atoms with Gasteiger partial charge in [0.1, 0.15) is 17.0 Å². The van der Waals surface area contributed by atoms with Gasteiger partial charge in [-0.2, -0.15) is 5.10 Å². The Kier molecular flexibility index (Phi) is 4.77. The van der Waals surface area contributed by atoms with Crippen molar-refractivity contribution in [3.05, 3.63) is 64.8 Å². The highest BCUT2D eigenvalue weighted by atomic mass is 32.1. The van der Waals surface area contributed by atoms with Gasteiger partial charge in [-0.1, -0.05) is 0 Å². The van der Waals surface area contributed by atoms with Crippen LogP contribution in [-0.4, -0.2) is 30.8 Å². The van der Waals surface area contributed by atoms with E-state index in [4.69, 9.17) is 0 Å². The second-order valence-electron chi connectivity index (χ2n) is 7.25. The fourth-order valence-corrected chi connectivity index (χ4v) is 4.65. The maximum atomic E-state index is 12.4. The van der Waals surface area contributed by atoms with E-state index in [-0.39, 0.29) is 11.6 Å². The van der Waals surface area contributed by atoms with E-state index in [9.17, 15) is 4.79 Å². The summed E-state index contributed by atoms with van der Waals surface area (Å²) < 4.78 is 1.65. The topological polar surface area (TPSA) is 85.6 Å². The summed E-state index contributed by atoms with van der Waals surface area (Å²) in [4.78, 5) is 26.3. The third kappa shape index (κ3) is 3.63. The number of pyridine rings is 1. The van der Waals surface area contributed by atoms with E-state index >= 15 is 0 Å². The van der Waals surface area contributed by atoms with Crippen LogP contribution < -0.4 is 10.9 Å². The van der Waals surface area contributed by atoms with Gasteiger partial charge in [-0.15, -0.1) is 11.3 Å². The number of hydrogen-bond donors (Lipinski definition) is 1. The Labute approximate surface area is 171 Å². The summed E-state index contributed by atoms with van der Waals surface area (Å²) in [6, 6.07) is 9.71. The SMILES string of the molecule is O=c1ccc(-c2cccnc2)nn1C1CCC(Nc2ncnc3sccc23)CC1. The molecule has 0 amide bonds. The molecule has 4 aromatic heterocycles. The Morgan fingerprint density at radius 1 is 1.07 bits per heavy atom. The van der Waals surface area contributed by atoms with Crippen LogP contribution in [-0.2, 0) is 0 Å². The predicted octanol–water partition coefficient (Wildman–Crippen LogP) is 3.91. The van der Waals surface area contributed by atoms with Crippen molar-refractivity contribution in [3.8, 4) is 11.3 Å². The molecule has 1 N–H and O–H groups in total. The van der Waals surface area contributed by atoms with Gasteiger partial charge in [0, 0.05) is 30.1 Å². The Hall–Kier alpha value is -3.13. The summed E-state index contributed by atoms with van der Waals surface area (Å²) in [6.07, 6.45) is 8.84. The maximum absolute atomic E-state index is 12.4. The van der Waals surface area contributed by atoms with Crippen LogP contribution in [0.2, 0.25) is 0 Å². The second-order valence-corrected chi connectivity index (χ2v) is 8.15. The van der Waals surface area contributed by atoms with Crippen LogP contribution in [0.4, 0.5) is 5.82 Å². The molecule has 1 aliphatic rings. The summed E-state index contributed by atoms with van der Waals surface area (Å²) in [7, 11) is 0. The van der Waals surface area contributed by atoms with Crippen molar-refractivity contribution >= 4 is 27.4 Å². The number of rotatable bonds is 4. The summed E-state index contributed by atoms with van der Waals surface area (Å²) in [5.74, 6) is 0.897. The van der Waals surface area contributed by atoms with E-state index in [0.717, 1.165) is 53.0 Å². The highest BCUT2D eigenvalue weighted by Crippen LogP contribution is 2.31. The zero-order valence-electron chi connectivity index (χ0n) is 15.7. The zero-order chi connectivity index (χ0) is 19.6. The number of fused-ring (bicyclic) bond motifs is 1. The molecule has 0 radical (unpaired) electrons. The molecule has 4 aromatic rings. The number of thiophene rings is 1. The normalized spacial score (nSPS) is 19.3. The average Bonchev–Trinajstić information content (AvgIpc) is 3.25. The third-order valence-electron chi connectivity index (χ3n) is 5.43. The molecule has 5 rings (SSSR count). The summed E-state index contributed by atoms with van der Waals surface area (Å²) in [5.41, 5.74) is 1.64. The van der Waals surface area contributed by atoms with Crippen molar-refractivity contribution in [3.63, 3.8) is 0 Å². The van der Waals surface area contributed by atoms with Crippen LogP contribution in [0.3, 0.4) is 0 Å². The van der Waals surface area contributed by atoms with Gasteiger partial charge in [-0.05, 0) is 55.3 Å². The van der Waals surface area contributed by atoms with Crippen LogP contribution in [0.15, 0.2) is 59.2 Å². The Bertz CT molecular complexity index is 1180. The minimum Gasteiger partial charge on any atom is -0.367 e. The van der Waals surface area contributed by atoms with Gasteiger partial charge in [-0.25, -0.2) is 14.6 Å². The van der Waals surface area contributed by atoms with E-state index in [1.807, 2.05) is 17.5 Å². The van der Waals surface area contributed by atoms with Gasteiger partial charge in [0.15, 0.2) is 0 Å². The molecule has 4 heterocycles. The Balaban J connectivity index is 1.31. The molecule has 29 heavy (non-hydrogen) atoms. The van der Waals surface area contributed by atoms with Crippen molar-refractivity contribution < 1.29 is 0 Å². The predicted molar refractivity (Wildman–Crippen MR) is 114 cm³/mol. The van der Waals surface area contributed by atoms with Crippen LogP contribution in [0, 0.1) is 0 Å². The lowest BCUT2D eigenvalue weighted by Crippen LogP contribution is -2.33. The van der Waals surface area contributed by atoms with E-state index in [1.165, 1.54) is 0 Å². The van der Waals surface area contributed by atoms with Crippen LogP contribution in [0.25, 0.3) is 21.5 Å². The average molecular weight is 404 g/mol. The molecule has 0 bridgehead atoms. The van der Waals surface area contributed by atoms with Crippen molar-refractivity contribution in [2.24, 2.45) is 0 Å². The highest BCUT2D eigenvalue weighted by molar-refractivity contribution is 7.16. The van der Waals surface area contributed by atoms with Crippen LogP contribution in [0.5, 0.6) is 0 Å². The van der Waals surface area contributed by atoms with Crippen molar-refractivity contribution in [2.75, 3.05) is 5.32 Å². The highest BCUT2D eigenvalue weighted by Gasteiger charge is 2.24. The number of hydrogen-bond acceptors (Lipinski definition) is 7. The number of anilines is 1. The van der Waals surface area contributed by atoms with Crippen LogP contribution in [0.1, 0.15) is 31.7 Å². The Morgan fingerprint density at radius 2 is 1.97 bits per heavy atom. The van der Waals surface area contributed by atoms with Gasteiger partial charge in [0.05, 0.1) is 17.1 Å². The Morgan fingerprint density at radius 3 is 2.79 bits per heavy atom. The largest absolute Gasteiger partial charge is 0.367 e. The molecular formula is C21H20N6OS. The molecule has 1 aliphatic carbocycles. The van der Waals surface area contributed by atoms with Crippen molar-refractivity contribution in [1.29, 1.82) is 0 Å². The second kappa shape index (κ2) is 7.71. The molecule has 8 heteroatoms. The monoisotopic (exact) mass is 404 g/mol. The minimum atomic E-state index is -0.0511. The lowest BCUT2D eigenvalue weighted by Gasteiger charge is -2.30. The summed E-state index contributed by atoms with van der Waals surface area (Å²) in [5, 5.41) is 11.3. The van der Waals surface area contributed by atoms with E-state index < -0.39 is 0 Å². The first-order valence-corrected chi connectivity index (χ1v) is 10.6. The van der Waals surface area contributed by atoms with Gasteiger partial charge in [0.25, 0.3) is 5.56 Å². The molecule has 0 saturated heterocycles. The maximum Gasteiger partial charge on any atom is 0.267 e. The van der Waals surface area contributed by atoms with E-state index in [1.54, 1.807) is 46.9 Å². The first kappa shape index (κ1) is 17.9. The number of aromatic nitrogens is 5. The van der Waals surface area contributed by atoms with Crippen LogP contribution >= 0.6 is 11.3 Å². The lowest BCUT2D eigenvalue weighted by atomic mass is 9.91. The van der Waals surface area contributed by atoms with Crippen molar-refractivity contribution in [2.45, 2.75) is 37.8 Å². The number of nitrogens with one attached hydrogen (secondary N) is 1. The molecule has 0 aromatic carbocycles. The van der Waals surface area contributed by atoms with Gasteiger partial charge < -0.3 is 5.32 Å². The van der Waals surface area contributed by atoms with Gasteiger partial charge in [-0.3, -0.25) is 9.78 Å². The third-order valence-corrected chi connectivity index (χ3v) is 6.25. The quantitative estimate of drug-likeness (QED) is 0.555. The molecule has 7 nitrogen and oxygen atoms in total. The minimum absolute atomic E-state index is 0.0511. The van der Waals surface area contributed by atoms with Gasteiger partial charge in [0.2, 0.25) is 0 Å². The molecule has 0 atom stereocenters. The molecule has 0 spiro atoms. The molecule has 0 unspecified atom stereocenters. The van der Waals surface area contributed by atoms with Crippen molar-refractivity contribution in [1.82, 2.24) is 24.7 Å². The smallest absolute Gasteiger partial charge is 0.267 e. The molecule has 0 aliphatic heterocycles. The summed E-state index contributed by atoms with van der Waals surface area (Å²) >= 11 is 1.62. The fourth-order valence-electron chi connectivity index (χ4n) is 3.92. The first-order valence-electron chi connectivity index (χ1n) is 9.73. The van der Waals surface area contributed by atoms with E-state index in [0.29, 0.717) is 6.04 Å².